The molecule has 0 radical (unpaired) electrons. The van der Waals surface area contributed by atoms with Gasteiger partial charge in [-0.15, -0.1) is 0 Å². The van der Waals surface area contributed by atoms with Crippen LogP contribution < -0.4 is 21.0 Å². The van der Waals surface area contributed by atoms with Gasteiger partial charge in [-0.3, -0.25) is 4.79 Å². The number of para-hydroxylation sites is 2. The molecule has 154 valence electrons. The molecule has 1 amide bonds. The largest absolute Gasteiger partial charge is 0.439 e. The van der Waals surface area contributed by atoms with Gasteiger partial charge in [0.25, 0.3) is 0 Å². The van der Waals surface area contributed by atoms with Crippen LogP contribution in [-0.4, -0.2) is 12.5 Å². The maximum Gasteiger partial charge on any atom is 0.345 e. The van der Waals surface area contributed by atoms with Crippen molar-refractivity contribution in [1.29, 1.82) is 5.26 Å². The first-order chi connectivity index (χ1) is 14.9. The van der Waals surface area contributed by atoms with Gasteiger partial charge in [0.05, 0.1) is 5.39 Å². The normalized spacial score (nSPS) is 19.5. The number of carbonyl (C=O) groups is 1. The Kier molecular flexibility index (Phi) is 3.96. The van der Waals surface area contributed by atoms with Crippen molar-refractivity contribution in [3.05, 3.63) is 81.5 Å². The van der Waals surface area contributed by atoms with Crippen molar-refractivity contribution in [2.75, 3.05) is 11.4 Å². The van der Waals surface area contributed by atoms with Crippen LogP contribution in [0.1, 0.15) is 25.0 Å². The Labute approximate surface area is 177 Å². The summed E-state index contributed by atoms with van der Waals surface area (Å²) in [4.78, 5) is 29.0. The average Bonchev–Trinajstić information content (AvgIpc) is 2.97. The van der Waals surface area contributed by atoms with Gasteiger partial charge >= 0.3 is 5.63 Å². The van der Waals surface area contributed by atoms with Crippen molar-refractivity contribution >= 4 is 22.6 Å². The fourth-order valence-electron chi connectivity index (χ4n) is 4.64. The molecule has 3 heterocycles. The van der Waals surface area contributed by atoms with E-state index in [-0.39, 0.29) is 28.7 Å². The lowest BCUT2D eigenvalue weighted by Gasteiger charge is -2.33. The molecule has 2 aromatic carbocycles. The number of fused-ring (bicyclic) bond motifs is 6. The van der Waals surface area contributed by atoms with Crippen LogP contribution in [0.5, 0.6) is 5.75 Å². The monoisotopic (exact) mass is 413 g/mol. The van der Waals surface area contributed by atoms with E-state index in [0.29, 0.717) is 28.8 Å². The van der Waals surface area contributed by atoms with Gasteiger partial charge < -0.3 is 19.8 Å². The standard InChI is InChI=1S/C24H19N3O4/c1-13(2)12-27-17-9-5-4-8-15(17)24(23(27)29)16(11-25)21(26)31-20-14-7-3-6-10-18(14)30-22(28)19(20)24/h3-10,13H,12,26H2,1-2H3/t24-/m0/s1. The van der Waals surface area contributed by atoms with E-state index in [4.69, 9.17) is 14.9 Å². The zero-order chi connectivity index (χ0) is 21.9. The summed E-state index contributed by atoms with van der Waals surface area (Å²) in [5.74, 6) is -0.293. The number of carbonyl (C=O) groups excluding carboxylic acids is 1. The first kappa shape index (κ1) is 18.9. The van der Waals surface area contributed by atoms with Gasteiger partial charge in [-0.1, -0.05) is 44.2 Å². The van der Waals surface area contributed by atoms with E-state index in [1.54, 1.807) is 41.3 Å². The van der Waals surface area contributed by atoms with Crippen LogP contribution >= 0.6 is 0 Å². The minimum Gasteiger partial charge on any atom is -0.439 e. The van der Waals surface area contributed by atoms with E-state index in [9.17, 15) is 14.9 Å². The van der Waals surface area contributed by atoms with Crippen molar-refractivity contribution in [2.24, 2.45) is 11.7 Å². The molecule has 0 saturated carbocycles. The molecule has 2 N–H and O–H groups in total. The summed E-state index contributed by atoms with van der Waals surface area (Å²) in [6.07, 6.45) is 0. The van der Waals surface area contributed by atoms with E-state index in [0.717, 1.165) is 0 Å². The number of hydrogen-bond donors (Lipinski definition) is 1. The topological polar surface area (TPSA) is 110 Å². The molecule has 7 heteroatoms. The molecular weight excluding hydrogens is 394 g/mol. The lowest BCUT2D eigenvalue weighted by molar-refractivity contribution is -0.121. The number of anilines is 1. The van der Waals surface area contributed by atoms with Crippen LogP contribution in [0, 0.1) is 17.2 Å². The summed E-state index contributed by atoms with van der Waals surface area (Å²) in [6, 6.07) is 16.1. The van der Waals surface area contributed by atoms with Gasteiger partial charge in [0.1, 0.15) is 22.8 Å². The summed E-state index contributed by atoms with van der Waals surface area (Å²) >= 11 is 0. The summed E-state index contributed by atoms with van der Waals surface area (Å²) in [5.41, 5.74) is 5.10. The molecule has 2 aliphatic rings. The van der Waals surface area contributed by atoms with Gasteiger partial charge in [0, 0.05) is 17.8 Å². The molecule has 2 aliphatic heterocycles. The zero-order valence-electron chi connectivity index (χ0n) is 17.0. The third-order valence-corrected chi connectivity index (χ3v) is 5.80. The minimum atomic E-state index is -1.72. The molecule has 0 bridgehead atoms. The molecule has 0 unspecified atom stereocenters. The molecule has 1 aromatic heterocycles. The van der Waals surface area contributed by atoms with E-state index in [2.05, 4.69) is 0 Å². The van der Waals surface area contributed by atoms with Crippen molar-refractivity contribution in [3.63, 3.8) is 0 Å². The average molecular weight is 413 g/mol. The molecular formula is C24H19N3O4. The predicted molar refractivity (Wildman–Crippen MR) is 114 cm³/mol. The Morgan fingerprint density at radius 2 is 1.84 bits per heavy atom. The van der Waals surface area contributed by atoms with Crippen LogP contribution in [0.25, 0.3) is 11.0 Å². The number of nitrogens with two attached hydrogens (primary N) is 1. The van der Waals surface area contributed by atoms with Gasteiger partial charge in [-0.25, -0.2) is 4.79 Å². The molecule has 5 rings (SSSR count). The van der Waals surface area contributed by atoms with Gasteiger partial charge in [0.15, 0.2) is 11.2 Å². The Morgan fingerprint density at radius 3 is 2.58 bits per heavy atom. The van der Waals surface area contributed by atoms with Crippen LogP contribution in [0.15, 0.2) is 69.2 Å². The van der Waals surface area contributed by atoms with Gasteiger partial charge in [-0.05, 0) is 24.1 Å². The Bertz CT molecular complexity index is 1400. The van der Waals surface area contributed by atoms with Gasteiger partial charge in [-0.2, -0.15) is 5.26 Å². The molecule has 0 fully saturated rings. The van der Waals surface area contributed by atoms with Crippen LogP contribution in [0.4, 0.5) is 5.69 Å². The second kappa shape index (κ2) is 6.47. The molecule has 1 atom stereocenters. The fourth-order valence-corrected chi connectivity index (χ4v) is 4.64. The highest BCUT2D eigenvalue weighted by atomic mass is 16.5. The van der Waals surface area contributed by atoms with E-state index in [1.807, 2.05) is 32.0 Å². The third-order valence-electron chi connectivity index (χ3n) is 5.80. The van der Waals surface area contributed by atoms with E-state index < -0.39 is 16.9 Å². The molecule has 0 aliphatic carbocycles. The van der Waals surface area contributed by atoms with E-state index >= 15 is 0 Å². The number of nitriles is 1. The zero-order valence-corrected chi connectivity index (χ0v) is 17.0. The second-order valence-corrected chi connectivity index (χ2v) is 8.12. The number of benzene rings is 2. The van der Waals surface area contributed by atoms with Crippen molar-refractivity contribution in [3.8, 4) is 11.8 Å². The highest BCUT2D eigenvalue weighted by Gasteiger charge is 2.61. The predicted octanol–water partition coefficient (Wildman–Crippen LogP) is 3.17. The van der Waals surface area contributed by atoms with Gasteiger partial charge in [0.2, 0.25) is 11.8 Å². The number of rotatable bonds is 2. The van der Waals surface area contributed by atoms with E-state index in [1.165, 1.54) is 0 Å². The number of amides is 1. The Hall–Kier alpha value is -4.05. The highest BCUT2D eigenvalue weighted by molar-refractivity contribution is 6.14. The number of nitrogens with zero attached hydrogens (tertiary/aromatic N) is 2. The minimum absolute atomic E-state index is 0.0133. The SMILES string of the molecule is CC(C)CN1C(=O)[C@]2(C(C#N)=C(N)Oc3c2c(=O)oc2ccccc32)c2ccccc21. The molecule has 31 heavy (non-hydrogen) atoms. The molecule has 1 spiro atoms. The Balaban J connectivity index is 1.96. The first-order valence-electron chi connectivity index (χ1n) is 9.97. The fraction of sp³-hybridized carbons (Fsp3) is 0.208. The highest BCUT2D eigenvalue weighted by Crippen LogP contribution is 2.55. The first-order valence-corrected chi connectivity index (χ1v) is 9.97. The summed E-state index contributed by atoms with van der Waals surface area (Å²) in [6.45, 7) is 4.41. The van der Waals surface area contributed by atoms with Crippen LogP contribution in [-0.2, 0) is 10.2 Å². The molecule has 7 nitrogen and oxygen atoms in total. The van der Waals surface area contributed by atoms with Crippen molar-refractivity contribution in [1.82, 2.24) is 0 Å². The quantitative estimate of drug-likeness (QED) is 0.646. The summed E-state index contributed by atoms with van der Waals surface area (Å²) in [5, 5.41) is 10.6. The van der Waals surface area contributed by atoms with Crippen molar-refractivity contribution in [2.45, 2.75) is 19.3 Å². The lowest BCUT2D eigenvalue weighted by Crippen LogP contribution is -2.49. The van der Waals surface area contributed by atoms with Crippen LogP contribution in [0.2, 0.25) is 0 Å². The lowest BCUT2D eigenvalue weighted by atomic mass is 9.69. The summed E-state index contributed by atoms with van der Waals surface area (Å²) in [7, 11) is 0. The maximum absolute atomic E-state index is 14.1. The second-order valence-electron chi connectivity index (χ2n) is 8.12. The molecule has 3 aromatic rings. The maximum atomic E-state index is 14.1. The molecule has 0 saturated heterocycles. The number of ether oxygens (including phenoxy) is 1. The van der Waals surface area contributed by atoms with Crippen molar-refractivity contribution < 1.29 is 13.9 Å². The Morgan fingerprint density at radius 1 is 1.13 bits per heavy atom. The number of hydrogen-bond acceptors (Lipinski definition) is 6. The summed E-state index contributed by atoms with van der Waals surface area (Å²) < 4.78 is 11.4. The third kappa shape index (κ3) is 2.33. The van der Waals surface area contributed by atoms with Crippen LogP contribution in [0.3, 0.4) is 0 Å². The smallest absolute Gasteiger partial charge is 0.345 e.